The van der Waals surface area contributed by atoms with Gasteiger partial charge < -0.3 is 14.4 Å². The zero-order chi connectivity index (χ0) is 24.9. The summed E-state index contributed by atoms with van der Waals surface area (Å²) in [5.74, 6) is 6.88. The number of carbonyl (C=O) groups is 2. The number of thiophene rings is 1. The lowest BCUT2D eigenvalue weighted by molar-refractivity contribution is -0.125. The summed E-state index contributed by atoms with van der Waals surface area (Å²) in [6, 6.07) is 1.96. The van der Waals surface area contributed by atoms with Crippen LogP contribution in [-0.4, -0.2) is 37.7 Å². The van der Waals surface area contributed by atoms with E-state index in [0.29, 0.717) is 16.5 Å². The van der Waals surface area contributed by atoms with Gasteiger partial charge in [-0.15, -0.1) is 11.3 Å². The number of anilines is 1. The van der Waals surface area contributed by atoms with Crippen LogP contribution in [0.2, 0.25) is 0 Å². The van der Waals surface area contributed by atoms with Crippen LogP contribution < -0.4 is 4.90 Å². The van der Waals surface area contributed by atoms with Crippen LogP contribution in [0.4, 0.5) is 5.69 Å². The summed E-state index contributed by atoms with van der Waals surface area (Å²) in [4.78, 5) is 29.8. The first kappa shape index (κ1) is 26.8. The number of hydrogen-bond acceptors (Lipinski definition) is 5. The van der Waals surface area contributed by atoms with Crippen LogP contribution in [0, 0.1) is 29.1 Å². The van der Waals surface area contributed by atoms with E-state index in [4.69, 9.17) is 9.47 Å². The molecule has 0 spiro atoms. The Kier molecular flexibility index (Phi) is 9.23. The summed E-state index contributed by atoms with van der Waals surface area (Å²) in [5.41, 5.74) is 0.511. The van der Waals surface area contributed by atoms with Gasteiger partial charge >= 0.3 is 5.97 Å². The number of ether oxygens (including phenoxy) is 2. The zero-order valence-electron chi connectivity index (χ0n) is 21.7. The Hall–Kier alpha value is -1.84. The molecule has 2 saturated carbocycles. The van der Waals surface area contributed by atoms with Crippen molar-refractivity contribution < 1.29 is 19.1 Å². The maximum absolute atomic E-state index is 13.9. The van der Waals surface area contributed by atoms with E-state index >= 15 is 0 Å². The molecule has 188 valence electrons. The van der Waals surface area contributed by atoms with Gasteiger partial charge in [-0.2, -0.15) is 0 Å². The molecule has 5 nitrogen and oxygen atoms in total. The van der Waals surface area contributed by atoms with Crippen LogP contribution in [-0.2, 0) is 14.3 Å². The van der Waals surface area contributed by atoms with Crippen molar-refractivity contribution >= 4 is 28.9 Å². The van der Waals surface area contributed by atoms with Crippen molar-refractivity contribution in [1.29, 1.82) is 0 Å². The third-order valence-electron chi connectivity index (χ3n) is 6.79. The molecule has 3 rings (SSSR count). The van der Waals surface area contributed by atoms with Gasteiger partial charge in [-0.1, -0.05) is 32.1 Å². The molecule has 2 aliphatic carbocycles. The lowest BCUT2D eigenvalue weighted by atomic mass is 9.80. The standard InChI is InChI=1S/C28H41NO4S/c1-7-8-15-33-22-16-21(17-22)29(26(30)20-11-9-19(2)10-12-20)24-18-23(13-14-28(3,4)5)34-25(24)27(31)32-6/h18-22H,7-12,15-17H2,1-6H3/t19-,20-,21-,22+. The van der Waals surface area contributed by atoms with Crippen molar-refractivity contribution in [2.24, 2.45) is 17.3 Å². The van der Waals surface area contributed by atoms with Gasteiger partial charge in [-0.3, -0.25) is 4.79 Å². The maximum atomic E-state index is 13.9. The molecule has 0 aromatic carbocycles. The minimum absolute atomic E-state index is 0.00534. The topological polar surface area (TPSA) is 55.8 Å². The number of unbranched alkanes of at least 4 members (excludes halogenated alkanes) is 1. The molecular weight excluding hydrogens is 446 g/mol. The average Bonchev–Trinajstić information content (AvgIpc) is 3.19. The fourth-order valence-electron chi connectivity index (χ4n) is 4.59. The SMILES string of the molecule is CCCCO[C@H]1C[C@@H](N(c2cc(C#CC(C)(C)C)sc2C(=O)OC)C(=O)[C@H]2CC[C@H](C)CC2)C1. The molecule has 0 bridgehead atoms. The van der Waals surface area contributed by atoms with Gasteiger partial charge in [0.25, 0.3) is 0 Å². The Morgan fingerprint density at radius 3 is 2.44 bits per heavy atom. The zero-order valence-corrected chi connectivity index (χ0v) is 22.6. The van der Waals surface area contributed by atoms with Gasteiger partial charge in [0.1, 0.15) is 4.88 Å². The molecule has 2 fully saturated rings. The number of methoxy groups -OCH3 is 1. The second-order valence-electron chi connectivity index (χ2n) is 11.0. The van der Waals surface area contributed by atoms with Crippen molar-refractivity contribution in [3.05, 3.63) is 15.8 Å². The minimum Gasteiger partial charge on any atom is -0.465 e. The molecular formula is C28H41NO4S. The molecule has 1 aromatic rings. The van der Waals surface area contributed by atoms with Crippen LogP contribution >= 0.6 is 11.3 Å². The third-order valence-corrected chi connectivity index (χ3v) is 7.81. The molecule has 0 aliphatic heterocycles. The molecule has 2 aliphatic rings. The van der Waals surface area contributed by atoms with Gasteiger partial charge in [0.05, 0.1) is 23.8 Å². The van der Waals surface area contributed by atoms with Crippen molar-refractivity contribution in [2.45, 2.75) is 98.1 Å². The molecule has 0 N–H and O–H groups in total. The van der Waals surface area contributed by atoms with E-state index in [-0.39, 0.29) is 29.4 Å². The van der Waals surface area contributed by atoms with Crippen LogP contribution in [0.5, 0.6) is 0 Å². The van der Waals surface area contributed by atoms with E-state index in [1.807, 2.05) is 11.0 Å². The normalized spacial score (nSPS) is 24.5. The summed E-state index contributed by atoms with van der Waals surface area (Å²) in [6.45, 7) is 11.4. The van der Waals surface area contributed by atoms with Gasteiger partial charge in [0, 0.05) is 24.0 Å². The smallest absolute Gasteiger partial charge is 0.350 e. The summed E-state index contributed by atoms with van der Waals surface area (Å²) in [7, 11) is 1.39. The Balaban J connectivity index is 1.91. The molecule has 6 heteroatoms. The Morgan fingerprint density at radius 2 is 1.85 bits per heavy atom. The number of carbonyl (C=O) groups excluding carboxylic acids is 2. The van der Waals surface area contributed by atoms with Gasteiger partial charge in [-0.05, 0) is 77.7 Å². The Bertz CT molecular complexity index is 905. The van der Waals surface area contributed by atoms with Gasteiger partial charge in [0.2, 0.25) is 5.91 Å². The minimum atomic E-state index is -0.408. The highest BCUT2D eigenvalue weighted by Crippen LogP contribution is 2.40. The lowest BCUT2D eigenvalue weighted by Crippen LogP contribution is -2.53. The average molecular weight is 488 g/mol. The second-order valence-corrected chi connectivity index (χ2v) is 12.0. The number of nitrogens with zero attached hydrogens (tertiary/aromatic N) is 1. The monoisotopic (exact) mass is 487 g/mol. The Morgan fingerprint density at radius 1 is 1.18 bits per heavy atom. The molecule has 1 amide bonds. The number of amides is 1. The molecule has 0 unspecified atom stereocenters. The highest BCUT2D eigenvalue weighted by molar-refractivity contribution is 7.15. The predicted octanol–water partition coefficient (Wildman–Crippen LogP) is 6.44. The van der Waals surface area contributed by atoms with E-state index in [0.717, 1.165) is 62.9 Å². The number of hydrogen-bond donors (Lipinski definition) is 0. The van der Waals surface area contributed by atoms with Crippen LogP contribution in [0.25, 0.3) is 0 Å². The van der Waals surface area contributed by atoms with E-state index in [1.165, 1.54) is 18.4 Å². The van der Waals surface area contributed by atoms with Gasteiger partial charge in [-0.25, -0.2) is 4.79 Å². The first-order chi connectivity index (χ1) is 16.1. The molecule has 0 saturated heterocycles. The van der Waals surface area contributed by atoms with E-state index < -0.39 is 5.97 Å². The summed E-state index contributed by atoms with van der Waals surface area (Å²) in [5, 5.41) is 0. The molecule has 1 aromatic heterocycles. The number of rotatable bonds is 8. The fourth-order valence-corrected chi connectivity index (χ4v) is 5.51. The quantitative estimate of drug-likeness (QED) is 0.241. The molecule has 34 heavy (non-hydrogen) atoms. The summed E-state index contributed by atoms with van der Waals surface area (Å²) in [6.07, 6.45) is 7.92. The van der Waals surface area contributed by atoms with Crippen molar-refractivity contribution in [3.8, 4) is 11.8 Å². The van der Waals surface area contributed by atoms with Crippen LogP contribution in [0.3, 0.4) is 0 Å². The van der Waals surface area contributed by atoms with Crippen molar-refractivity contribution in [3.63, 3.8) is 0 Å². The fraction of sp³-hybridized carbons (Fsp3) is 0.714. The summed E-state index contributed by atoms with van der Waals surface area (Å²) >= 11 is 1.32. The van der Waals surface area contributed by atoms with Crippen LogP contribution in [0.1, 0.15) is 101 Å². The highest BCUT2D eigenvalue weighted by Gasteiger charge is 2.42. The lowest BCUT2D eigenvalue weighted by Gasteiger charge is -2.44. The number of esters is 1. The largest absolute Gasteiger partial charge is 0.465 e. The second kappa shape index (κ2) is 11.7. The first-order valence-corrected chi connectivity index (χ1v) is 13.6. The Labute approximate surface area is 209 Å². The molecule has 0 atom stereocenters. The van der Waals surface area contributed by atoms with Crippen molar-refractivity contribution in [1.82, 2.24) is 0 Å². The molecule has 1 heterocycles. The van der Waals surface area contributed by atoms with Gasteiger partial charge in [0.15, 0.2) is 0 Å². The molecule has 0 radical (unpaired) electrons. The van der Waals surface area contributed by atoms with E-state index in [9.17, 15) is 9.59 Å². The predicted molar refractivity (Wildman–Crippen MR) is 138 cm³/mol. The first-order valence-electron chi connectivity index (χ1n) is 12.8. The van der Waals surface area contributed by atoms with E-state index in [1.54, 1.807) is 0 Å². The highest BCUT2D eigenvalue weighted by atomic mass is 32.1. The maximum Gasteiger partial charge on any atom is 0.350 e. The van der Waals surface area contributed by atoms with Crippen LogP contribution in [0.15, 0.2) is 6.07 Å². The summed E-state index contributed by atoms with van der Waals surface area (Å²) < 4.78 is 11.1. The van der Waals surface area contributed by atoms with Crippen molar-refractivity contribution in [2.75, 3.05) is 18.6 Å². The van der Waals surface area contributed by atoms with E-state index in [2.05, 4.69) is 46.5 Å². The third kappa shape index (κ3) is 6.86.